The van der Waals surface area contributed by atoms with Gasteiger partial charge in [-0.2, -0.15) is 0 Å². The highest BCUT2D eigenvalue weighted by atomic mass is 35.5. The first-order valence-corrected chi connectivity index (χ1v) is 15.1. The summed E-state index contributed by atoms with van der Waals surface area (Å²) in [5.41, 5.74) is 1.96. The van der Waals surface area contributed by atoms with E-state index in [9.17, 15) is 14.4 Å². The number of amides is 2. The molecule has 1 aliphatic heterocycles. The number of aliphatic imine (C=N–C) groups is 1. The third kappa shape index (κ3) is 6.78. The van der Waals surface area contributed by atoms with Gasteiger partial charge >= 0.3 is 5.97 Å². The Labute approximate surface area is 252 Å². The van der Waals surface area contributed by atoms with Gasteiger partial charge in [-0.25, -0.2) is 0 Å². The third-order valence-corrected chi connectivity index (χ3v) is 9.19. The van der Waals surface area contributed by atoms with E-state index in [1.165, 1.54) is 0 Å². The lowest BCUT2D eigenvalue weighted by molar-refractivity contribution is -0.137. The summed E-state index contributed by atoms with van der Waals surface area (Å²) >= 11 is 12.5. The molecule has 1 atom stereocenters. The van der Waals surface area contributed by atoms with Crippen LogP contribution in [0.15, 0.2) is 47.5 Å². The van der Waals surface area contributed by atoms with E-state index in [0.717, 1.165) is 44.1 Å². The van der Waals surface area contributed by atoms with Crippen molar-refractivity contribution in [2.45, 2.75) is 84.3 Å². The second-order valence-corrected chi connectivity index (χ2v) is 13.0. The molecule has 2 N–H and O–H groups in total. The van der Waals surface area contributed by atoms with Gasteiger partial charge in [0.1, 0.15) is 11.4 Å². The summed E-state index contributed by atoms with van der Waals surface area (Å²) in [7, 11) is 0. The second kappa shape index (κ2) is 12.5. The average molecular weight is 601 g/mol. The zero-order valence-corrected chi connectivity index (χ0v) is 25.7. The lowest BCUT2D eigenvalue weighted by Gasteiger charge is -2.47. The fraction of sp³-hybridized carbons (Fsp3) is 0.500. The standard InChI is InChI=1S/C32H39Cl2N3O4/c1-5-6-26(20-7-9-21(10-8-20)29(40)35-18-15-27(38)39)37-30(41)28(22-11-12-24(33)25(34)19-22)36-32(37)16-13-23(14-17-32)31(2,3)4/h7-12,19,23,26H,5-6,13-18H2,1-4H3,(H,35,40)(H,38,39)/t23?,26-,32?/m1/s1. The number of nitrogens with zero attached hydrogens (tertiary/aromatic N) is 2. The molecule has 7 nitrogen and oxygen atoms in total. The molecular weight excluding hydrogens is 561 g/mol. The molecular formula is C32H39Cl2N3O4. The van der Waals surface area contributed by atoms with Gasteiger partial charge in [-0.05, 0) is 73.3 Å². The molecule has 9 heteroatoms. The van der Waals surface area contributed by atoms with Crippen LogP contribution in [0.1, 0.15) is 100 Å². The summed E-state index contributed by atoms with van der Waals surface area (Å²) in [5, 5.41) is 12.3. The first-order valence-electron chi connectivity index (χ1n) is 14.3. The van der Waals surface area contributed by atoms with Crippen molar-refractivity contribution in [2.24, 2.45) is 16.3 Å². The normalized spacial score (nSPS) is 21.6. The first-order chi connectivity index (χ1) is 19.4. The number of benzene rings is 2. The van der Waals surface area contributed by atoms with Crippen LogP contribution in [0.2, 0.25) is 10.0 Å². The molecule has 1 heterocycles. The first kappa shape index (κ1) is 31.0. The Bertz CT molecular complexity index is 1330. The van der Waals surface area contributed by atoms with E-state index in [1.54, 1.807) is 30.3 Å². The van der Waals surface area contributed by atoms with Crippen molar-refractivity contribution >= 4 is 46.7 Å². The summed E-state index contributed by atoms with van der Waals surface area (Å²) < 4.78 is 0. The van der Waals surface area contributed by atoms with Crippen molar-refractivity contribution in [3.05, 3.63) is 69.2 Å². The molecule has 1 saturated carbocycles. The van der Waals surface area contributed by atoms with Gasteiger partial charge in [-0.1, -0.05) is 75.5 Å². The maximum absolute atomic E-state index is 14.3. The van der Waals surface area contributed by atoms with Crippen molar-refractivity contribution < 1.29 is 19.5 Å². The molecule has 2 amide bonds. The van der Waals surface area contributed by atoms with Gasteiger partial charge in [0.25, 0.3) is 11.8 Å². The fourth-order valence-electron chi connectivity index (χ4n) is 6.13. The Kier molecular flexibility index (Phi) is 9.49. The van der Waals surface area contributed by atoms with Crippen molar-refractivity contribution in [2.75, 3.05) is 6.54 Å². The number of halogens is 2. The highest BCUT2D eigenvalue weighted by Crippen LogP contribution is 2.50. The van der Waals surface area contributed by atoms with Gasteiger partial charge in [0.2, 0.25) is 0 Å². The van der Waals surface area contributed by atoms with E-state index in [4.69, 9.17) is 33.3 Å². The Morgan fingerprint density at radius 2 is 1.76 bits per heavy atom. The molecule has 0 saturated heterocycles. The van der Waals surface area contributed by atoms with Gasteiger partial charge in [-0.3, -0.25) is 19.4 Å². The van der Waals surface area contributed by atoms with Gasteiger partial charge in [0.05, 0.1) is 22.5 Å². The van der Waals surface area contributed by atoms with Crippen molar-refractivity contribution in [1.82, 2.24) is 10.2 Å². The predicted molar refractivity (Wildman–Crippen MR) is 163 cm³/mol. The van der Waals surface area contributed by atoms with E-state index in [1.807, 2.05) is 17.0 Å². The van der Waals surface area contributed by atoms with Crippen LogP contribution in [0.3, 0.4) is 0 Å². The predicted octanol–water partition coefficient (Wildman–Crippen LogP) is 7.30. The molecule has 0 aromatic heterocycles. The van der Waals surface area contributed by atoms with Crippen LogP contribution in [0, 0.1) is 11.3 Å². The molecule has 4 rings (SSSR count). The molecule has 220 valence electrons. The smallest absolute Gasteiger partial charge is 0.305 e. The average Bonchev–Trinajstić information content (AvgIpc) is 3.19. The molecule has 2 aromatic rings. The number of carboxylic acid groups (broad SMARTS) is 1. The van der Waals surface area contributed by atoms with Crippen LogP contribution in [-0.4, -0.2) is 45.7 Å². The zero-order valence-electron chi connectivity index (χ0n) is 24.2. The number of carbonyl (C=O) groups is 3. The number of nitrogens with one attached hydrogen (secondary N) is 1. The Hall–Kier alpha value is -2.90. The van der Waals surface area contributed by atoms with Gasteiger partial charge in [0.15, 0.2) is 0 Å². The van der Waals surface area contributed by atoms with E-state index in [-0.39, 0.29) is 36.2 Å². The Morgan fingerprint density at radius 3 is 2.32 bits per heavy atom. The number of carboxylic acids is 1. The topological polar surface area (TPSA) is 99.1 Å². The molecule has 1 spiro atoms. The molecule has 41 heavy (non-hydrogen) atoms. The maximum Gasteiger partial charge on any atom is 0.305 e. The highest BCUT2D eigenvalue weighted by molar-refractivity contribution is 6.48. The second-order valence-electron chi connectivity index (χ2n) is 12.2. The highest BCUT2D eigenvalue weighted by Gasteiger charge is 2.52. The summed E-state index contributed by atoms with van der Waals surface area (Å²) in [5.74, 6) is -0.875. The fourth-order valence-corrected chi connectivity index (χ4v) is 6.43. The van der Waals surface area contributed by atoms with Gasteiger partial charge in [0, 0.05) is 17.7 Å². The lowest BCUT2D eigenvalue weighted by Crippen LogP contribution is -2.51. The molecule has 0 unspecified atom stereocenters. The number of aliphatic carboxylic acids is 1. The largest absolute Gasteiger partial charge is 0.481 e. The van der Waals surface area contributed by atoms with Crippen LogP contribution in [-0.2, 0) is 9.59 Å². The van der Waals surface area contributed by atoms with Gasteiger partial charge in [-0.15, -0.1) is 0 Å². The summed E-state index contributed by atoms with van der Waals surface area (Å²) in [6.45, 7) is 8.98. The minimum Gasteiger partial charge on any atom is -0.481 e. The van der Waals surface area contributed by atoms with Crippen LogP contribution >= 0.6 is 23.2 Å². The minimum absolute atomic E-state index is 0.0591. The lowest BCUT2D eigenvalue weighted by atomic mass is 9.69. The third-order valence-electron chi connectivity index (χ3n) is 8.45. The number of hydrogen-bond donors (Lipinski definition) is 2. The summed E-state index contributed by atoms with van der Waals surface area (Å²) in [4.78, 5) is 44.8. The van der Waals surface area contributed by atoms with Crippen molar-refractivity contribution in [3.8, 4) is 0 Å². The maximum atomic E-state index is 14.3. The number of rotatable bonds is 9. The summed E-state index contributed by atoms with van der Waals surface area (Å²) in [6.07, 6.45) is 4.95. The minimum atomic E-state index is -0.966. The van der Waals surface area contributed by atoms with Crippen LogP contribution in [0.4, 0.5) is 0 Å². The zero-order chi connectivity index (χ0) is 29.9. The van der Waals surface area contributed by atoms with E-state index < -0.39 is 11.6 Å². The van der Waals surface area contributed by atoms with Crippen LogP contribution in [0.25, 0.3) is 0 Å². The molecule has 1 aliphatic carbocycles. The molecule has 2 aliphatic rings. The van der Waals surface area contributed by atoms with Crippen molar-refractivity contribution in [3.63, 3.8) is 0 Å². The number of carbonyl (C=O) groups excluding carboxylic acids is 2. The number of hydrogen-bond acceptors (Lipinski definition) is 4. The molecule has 0 radical (unpaired) electrons. The monoisotopic (exact) mass is 599 g/mol. The SMILES string of the molecule is CCC[C@H](c1ccc(C(=O)NCCC(=O)O)cc1)N1C(=O)C(c2ccc(Cl)c(Cl)c2)=NC12CCC(C(C)(C)C)CC2. The Balaban J connectivity index is 1.68. The molecule has 0 bridgehead atoms. The quantitative estimate of drug-likeness (QED) is 0.316. The van der Waals surface area contributed by atoms with E-state index in [0.29, 0.717) is 32.8 Å². The van der Waals surface area contributed by atoms with Crippen molar-refractivity contribution in [1.29, 1.82) is 0 Å². The van der Waals surface area contributed by atoms with E-state index in [2.05, 4.69) is 33.0 Å². The Morgan fingerprint density at radius 1 is 1.10 bits per heavy atom. The summed E-state index contributed by atoms with van der Waals surface area (Å²) in [6, 6.07) is 12.2. The van der Waals surface area contributed by atoms with Crippen LogP contribution < -0.4 is 5.32 Å². The molecule has 1 fully saturated rings. The van der Waals surface area contributed by atoms with Gasteiger partial charge < -0.3 is 15.3 Å². The van der Waals surface area contributed by atoms with Crippen LogP contribution in [0.5, 0.6) is 0 Å². The molecule has 2 aromatic carbocycles. The van der Waals surface area contributed by atoms with E-state index >= 15 is 0 Å².